The van der Waals surface area contributed by atoms with Crippen molar-refractivity contribution in [1.82, 2.24) is 4.57 Å². The van der Waals surface area contributed by atoms with Crippen LogP contribution in [0.1, 0.15) is 11.1 Å². The fourth-order valence-electron chi connectivity index (χ4n) is 6.22. The number of nitriles is 2. The van der Waals surface area contributed by atoms with Crippen molar-refractivity contribution in [1.29, 1.82) is 10.5 Å². The maximum Gasteiger partial charge on any atom is 0.101 e. The second-order valence-electron chi connectivity index (χ2n) is 10.4. The van der Waals surface area contributed by atoms with Crippen molar-refractivity contribution in [3.63, 3.8) is 0 Å². The third-order valence-corrected chi connectivity index (χ3v) is 9.25. The Morgan fingerprint density at radius 3 is 1.83 bits per heavy atom. The van der Waals surface area contributed by atoms with Crippen LogP contribution >= 0.6 is 11.3 Å². The number of fused-ring (bicyclic) bond motifs is 6. The minimum Gasteiger partial charge on any atom is -0.307 e. The molecule has 3 nitrogen and oxygen atoms in total. The molecule has 2 heterocycles. The Kier molecular flexibility index (Phi) is 5.44. The van der Waals surface area contributed by atoms with E-state index < -0.39 is 0 Å². The number of benzene rings is 6. The van der Waals surface area contributed by atoms with Crippen LogP contribution in [0.5, 0.6) is 0 Å². The van der Waals surface area contributed by atoms with E-state index in [0.717, 1.165) is 49.7 Å². The van der Waals surface area contributed by atoms with Gasteiger partial charge in [0.2, 0.25) is 0 Å². The van der Waals surface area contributed by atoms with Crippen molar-refractivity contribution in [3.05, 3.63) is 139 Å². The lowest BCUT2D eigenvalue weighted by molar-refractivity contribution is 1.17. The zero-order valence-corrected chi connectivity index (χ0v) is 23.2. The van der Waals surface area contributed by atoms with E-state index in [0.29, 0.717) is 11.1 Å². The van der Waals surface area contributed by atoms with Crippen molar-refractivity contribution in [2.75, 3.05) is 0 Å². The van der Waals surface area contributed by atoms with Crippen LogP contribution < -0.4 is 0 Å². The van der Waals surface area contributed by atoms with E-state index in [4.69, 9.17) is 0 Å². The summed E-state index contributed by atoms with van der Waals surface area (Å²) in [6.45, 7) is 0. The molecule has 0 aliphatic heterocycles. The maximum absolute atomic E-state index is 10.3. The fraction of sp³-hybridized carbons (Fsp3) is 0. The highest BCUT2D eigenvalue weighted by molar-refractivity contribution is 7.25. The number of nitrogens with zero attached hydrogens (tertiary/aromatic N) is 3. The zero-order valence-electron chi connectivity index (χ0n) is 22.4. The van der Waals surface area contributed by atoms with Crippen LogP contribution in [0.4, 0.5) is 0 Å². The van der Waals surface area contributed by atoms with E-state index >= 15 is 0 Å². The normalized spacial score (nSPS) is 11.3. The molecule has 0 saturated carbocycles. The molecular formula is C38H21N3S. The lowest BCUT2D eigenvalue weighted by Crippen LogP contribution is -2.01. The van der Waals surface area contributed by atoms with E-state index in [-0.39, 0.29) is 0 Å². The second kappa shape index (κ2) is 9.46. The molecule has 0 unspecified atom stereocenters. The molecule has 0 radical (unpaired) electrons. The number of thiophene rings is 1. The molecule has 0 atom stereocenters. The number of hydrogen-bond donors (Lipinski definition) is 0. The molecule has 0 aliphatic carbocycles. The van der Waals surface area contributed by atoms with Crippen LogP contribution in [-0.2, 0) is 0 Å². The maximum atomic E-state index is 10.3. The largest absolute Gasteiger partial charge is 0.307 e. The molecule has 0 spiro atoms. The smallest absolute Gasteiger partial charge is 0.101 e. The van der Waals surface area contributed by atoms with Gasteiger partial charge in [0, 0.05) is 36.5 Å². The van der Waals surface area contributed by atoms with Gasteiger partial charge in [0.25, 0.3) is 0 Å². The molecular weight excluding hydrogens is 531 g/mol. The molecule has 0 fully saturated rings. The molecule has 42 heavy (non-hydrogen) atoms. The van der Waals surface area contributed by atoms with Crippen LogP contribution in [-0.4, -0.2) is 4.57 Å². The summed E-state index contributed by atoms with van der Waals surface area (Å²) in [5.41, 5.74) is 7.79. The molecule has 0 amide bonds. The van der Waals surface area contributed by atoms with Gasteiger partial charge < -0.3 is 4.57 Å². The number of hydrogen-bond acceptors (Lipinski definition) is 3. The number of para-hydroxylation sites is 3. The summed E-state index contributed by atoms with van der Waals surface area (Å²) in [6, 6.07) is 48.3. The lowest BCUT2D eigenvalue weighted by atomic mass is 9.93. The predicted octanol–water partition coefficient (Wildman–Crippen LogP) is 10.2. The number of aromatic nitrogens is 1. The monoisotopic (exact) mass is 551 g/mol. The quantitative estimate of drug-likeness (QED) is 0.219. The Morgan fingerprint density at radius 1 is 0.476 bits per heavy atom. The molecule has 6 aromatic carbocycles. The topological polar surface area (TPSA) is 52.5 Å². The Hall–Kier alpha value is -5.68. The summed E-state index contributed by atoms with van der Waals surface area (Å²) in [6.07, 6.45) is 0. The summed E-state index contributed by atoms with van der Waals surface area (Å²) >= 11 is 1.79. The predicted molar refractivity (Wildman–Crippen MR) is 174 cm³/mol. The first kappa shape index (κ1) is 24.1. The molecule has 194 valence electrons. The summed E-state index contributed by atoms with van der Waals surface area (Å²) in [7, 11) is 0. The molecule has 8 aromatic rings. The molecule has 0 aliphatic rings. The van der Waals surface area contributed by atoms with Gasteiger partial charge in [0.1, 0.15) is 6.07 Å². The van der Waals surface area contributed by atoms with Crippen molar-refractivity contribution in [3.8, 4) is 40.1 Å². The Morgan fingerprint density at radius 2 is 1.10 bits per heavy atom. The highest BCUT2D eigenvalue weighted by atomic mass is 32.1. The van der Waals surface area contributed by atoms with E-state index in [9.17, 15) is 10.5 Å². The van der Waals surface area contributed by atoms with E-state index in [1.165, 1.54) is 20.2 Å². The standard InChI is InChI=1S/C38H21N3S/c39-22-26-8-7-12-29(38(26)41-34-13-4-1-9-30(34)31-10-2-5-14-35(31)41)24-16-18-28(27(20-24)23-40)25-17-19-37-33(21-25)32-11-3-6-15-36(32)42-37/h1-21H. The average molecular weight is 552 g/mol. The minimum absolute atomic E-state index is 0.580. The first-order valence-electron chi connectivity index (χ1n) is 13.7. The van der Waals surface area contributed by atoms with E-state index in [1.807, 2.05) is 54.6 Å². The highest BCUT2D eigenvalue weighted by Crippen LogP contribution is 2.40. The van der Waals surface area contributed by atoms with Crippen LogP contribution in [0.2, 0.25) is 0 Å². The van der Waals surface area contributed by atoms with Crippen molar-refractivity contribution >= 4 is 53.3 Å². The van der Waals surface area contributed by atoms with Gasteiger partial charge in [-0.15, -0.1) is 11.3 Å². The first-order valence-corrected chi connectivity index (χ1v) is 14.5. The van der Waals surface area contributed by atoms with Gasteiger partial charge in [-0.05, 0) is 59.2 Å². The summed E-state index contributed by atoms with van der Waals surface area (Å²) < 4.78 is 4.68. The number of rotatable bonds is 3. The Labute approximate surface area is 246 Å². The van der Waals surface area contributed by atoms with Crippen molar-refractivity contribution < 1.29 is 0 Å². The van der Waals surface area contributed by atoms with Gasteiger partial charge in [0.05, 0.1) is 33.9 Å². The van der Waals surface area contributed by atoms with Crippen LogP contribution in [0.3, 0.4) is 0 Å². The third-order valence-electron chi connectivity index (χ3n) is 8.10. The third kappa shape index (κ3) is 3.57. The van der Waals surface area contributed by atoms with Gasteiger partial charge in [-0.3, -0.25) is 0 Å². The molecule has 0 N–H and O–H groups in total. The zero-order chi connectivity index (χ0) is 28.2. The summed E-state index contributed by atoms with van der Waals surface area (Å²) in [4.78, 5) is 0. The van der Waals surface area contributed by atoms with Gasteiger partial charge in [0.15, 0.2) is 0 Å². The van der Waals surface area contributed by atoms with E-state index in [1.54, 1.807) is 11.3 Å². The highest BCUT2D eigenvalue weighted by Gasteiger charge is 2.19. The van der Waals surface area contributed by atoms with Crippen LogP contribution in [0, 0.1) is 22.7 Å². The van der Waals surface area contributed by atoms with Gasteiger partial charge in [-0.1, -0.05) is 84.9 Å². The average Bonchev–Trinajstić information content (AvgIpc) is 3.59. The SMILES string of the molecule is N#Cc1cc(-c2cccc(C#N)c2-n2c3ccccc3c3ccccc32)ccc1-c1ccc2sc3ccccc3c2c1. The molecule has 4 heteroatoms. The summed E-state index contributed by atoms with van der Waals surface area (Å²) in [5, 5.41) is 25.3. The van der Waals surface area contributed by atoms with Crippen molar-refractivity contribution in [2.45, 2.75) is 0 Å². The molecule has 0 bridgehead atoms. The van der Waals surface area contributed by atoms with Gasteiger partial charge >= 0.3 is 0 Å². The lowest BCUT2D eigenvalue weighted by Gasteiger charge is -2.16. The molecule has 8 rings (SSSR count). The van der Waals surface area contributed by atoms with Crippen molar-refractivity contribution in [2.24, 2.45) is 0 Å². The Balaban J connectivity index is 1.35. The fourth-order valence-corrected chi connectivity index (χ4v) is 7.31. The minimum atomic E-state index is 0.580. The van der Waals surface area contributed by atoms with E-state index in [2.05, 4.69) is 89.5 Å². The molecule has 2 aromatic heterocycles. The van der Waals surface area contributed by atoms with Crippen LogP contribution in [0.15, 0.2) is 127 Å². The molecule has 0 saturated heterocycles. The summed E-state index contributed by atoms with van der Waals surface area (Å²) in [5.74, 6) is 0. The Bertz CT molecular complexity index is 2390. The second-order valence-corrected chi connectivity index (χ2v) is 11.4. The van der Waals surface area contributed by atoms with Crippen LogP contribution in [0.25, 0.3) is 69.9 Å². The first-order chi connectivity index (χ1) is 20.7. The van der Waals surface area contributed by atoms with Gasteiger partial charge in [-0.2, -0.15) is 10.5 Å². The van der Waals surface area contributed by atoms with Gasteiger partial charge in [-0.25, -0.2) is 0 Å².